The minimum absolute atomic E-state index is 0.0103. The molecule has 1 aromatic heterocycles. The van der Waals surface area contributed by atoms with Gasteiger partial charge in [-0.2, -0.15) is 5.10 Å². The Labute approximate surface area is 125 Å². The minimum atomic E-state index is -0.983. The normalized spacial score (nSPS) is 13.2. The van der Waals surface area contributed by atoms with Gasteiger partial charge in [0.2, 0.25) is 0 Å². The second kappa shape index (κ2) is 5.63. The summed E-state index contributed by atoms with van der Waals surface area (Å²) in [6.07, 6.45) is 2.37. The van der Waals surface area contributed by atoms with Gasteiger partial charge in [-0.05, 0) is 6.42 Å². The Morgan fingerprint density at radius 2 is 2.14 bits per heavy atom. The number of hydrogen-bond donors (Lipinski definition) is 2. The molecule has 8 heteroatoms. The highest BCUT2D eigenvalue weighted by atomic mass is 19.1. The number of ether oxygens (including phenoxy) is 1. The van der Waals surface area contributed by atoms with E-state index >= 15 is 0 Å². The number of methoxy groups -OCH3 is 1. The van der Waals surface area contributed by atoms with Crippen molar-refractivity contribution in [2.75, 3.05) is 24.3 Å². The standard InChI is InChI=1S/C14H14F2N4O2/c1-22-8-5-9(15)12(10(16)6-8)14(21)19-11-7-18-20-4-2-3-17-13(11)20/h5-7,17H,2-4H2,1H3,(H,19,21). The predicted octanol–water partition coefficient (Wildman–Crippen LogP) is 2.24. The number of carbonyl (C=O) groups is 1. The Balaban J connectivity index is 1.88. The summed E-state index contributed by atoms with van der Waals surface area (Å²) in [7, 11) is 1.29. The molecule has 1 amide bonds. The molecule has 0 saturated carbocycles. The molecule has 6 nitrogen and oxygen atoms in total. The van der Waals surface area contributed by atoms with Crippen molar-refractivity contribution < 1.29 is 18.3 Å². The van der Waals surface area contributed by atoms with E-state index in [1.165, 1.54) is 13.3 Å². The van der Waals surface area contributed by atoms with Crippen molar-refractivity contribution in [1.29, 1.82) is 0 Å². The average molecular weight is 308 g/mol. The van der Waals surface area contributed by atoms with E-state index in [-0.39, 0.29) is 5.75 Å². The van der Waals surface area contributed by atoms with E-state index < -0.39 is 23.1 Å². The highest BCUT2D eigenvalue weighted by molar-refractivity contribution is 6.06. The van der Waals surface area contributed by atoms with Crippen molar-refractivity contribution in [2.24, 2.45) is 0 Å². The van der Waals surface area contributed by atoms with Gasteiger partial charge in [-0.1, -0.05) is 0 Å². The maximum atomic E-state index is 13.9. The first-order valence-electron chi connectivity index (χ1n) is 6.74. The van der Waals surface area contributed by atoms with Gasteiger partial charge < -0.3 is 15.4 Å². The molecule has 0 unspecified atom stereocenters. The first kappa shape index (κ1) is 14.3. The number of nitrogens with zero attached hydrogens (tertiary/aromatic N) is 2. The van der Waals surface area contributed by atoms with Crippen molar-refractivity contribution in [1.82, 2.24) is 9.78 Å². The van der Waals surface area contributed by atoms with Gasteiger partial charge in [-0.3, -0.25) is 4.79 Å². The number of anilines is 2. The number of fused-ring (bicyclic) bond motifs is 1. The Hall–Kier alpha value is -2.64. The van der Waals surface area contributed by atoms with Crippen LogP contribution in [0.5, 0.6) is 5.75 Å². The molecular weight excluding hydrogens is 294 g/mol. The van der Waals surface area contributed by atoms with Crippen LogP contribution in [0.2, 0.25) is 0 Å². The summed E-state index contributed by atoms with van der Waals surface area (Å²) in [6.45, 7) is 1.48. The fourth-order valence-corrected chi connectivity index (χ4v) is 2.34. The van der Waals surface area contributed by atoms with E-state index in [4.69, 9.17) is 4.74 Å². The highest BCUT2D eigenvalue weighted by Crippen LogP contribution is 2.26. The quantitative estimate of drug-likeness (QED) is 0.912. The molecule has 0 bridgehead atoms. The minimum Gasteiger partial charge on any atom is -0.497 e. The van der Waals surface area contributed by atoms with Crippen LogP contribution in [0.1, 0.15) is 16.8 Å². The van der Waals surface area contributed by atoms with Crippen LogP contribution in [0.25, 0.3) is 0 Å². The van der Waals surface area contributed by atoms with E-state index in [1.807, 2.05) is 0 Å². The summed E-state index contributed by atoms with van der Waals surface area (Å²) in [5, 5.41) is 9.68. The first-order chi connectivity index (χ1) is 10.6. The number of carbonyl (C=O) groups excluding carboxylic acids is 1. The lowest BCUT2D eigenvalue weighted by molar-refractivity contribution is 0.101. The number of aryl methyl sites for hydroxylation is 1. The third-order valence-electron chi connectivity index (χ3n) is 3.41. The van der Waals surface area contributed by atoms with Crippen LogP contribution in [0, 0.1) is 11.6 Å². The highest BCUT2D eigenvalue weighted by Gasteiger charge is 2.22. The molecule has 116 valence electrons. The molecule has 0 aliphatic carbocycles. The third kappa shape index (κ3) is 2.47. The largest absolute Gasteiger partial charge is 0.497 e. The SMILES string of the molecule is COc1cc(F)c(C(=O)Nc2cnn3c2NCCC3)c(F)c1. The summed E-state index contributed by atoms with van der Waals surface area (Å²) >= 11 is 0. The smallest absolute Gasteiger partial charge is 0.261 e. The number of rotatable bonds is 3. The topological polar surface area (TPSA) is 68.2 Å². The lowest BCUT2D eigenvalue weighted by atomic mass is 10.1. The fraction of sp³-hybridized carbons (Fsp3) is 0.286. The van der Waals surface area contributed by atoms with Crippen molar-refractivity contribution >= 4 is 17.4 Å². The molecule has 1 aliphatic heterocycles. The van der Waals surface area contributed by atoms with Crippen LogP contribution in [-0.4, -0.2) is 29.3 Å². The molecule has 0 atom stereocenters. The first-order valence-corrected chi connectivity index (χ1v) is 6.74. The van der Waals surface area contributed by atoms with Crippen LogP contribution in [-0.2, 0) is 6.54 Å². The van der Waals surface area contributed by atoms with Gasteiger partial charge in [-0.25, -0.2) is 13.5 Å². The van der Waals surface area contributed by atoms with E-state index in [1.54, 1.807) is 4.68 Å². The second-order valence-corrected chi connectivity index (χ2v) is 4.83. The lowest BCUT2D eigenvalue weighted by Crippen LogP contribution is -2.20. The van der Waals surface area contributed by atoms with Gasteiger partial charge in [-0.15, -0.1) is 0 Å². The van der Waals surface area contributed by atoms with Gasteiger partial charge in [0.1, 0.15) is 34.5 Å². The second-order valence-electron chi connectivity index (χ2n) is 4.83. The Kier molecular flexibility index (Phi) is 3.66. The zero-order valence-electron chi connectivity index (χ0n) is 11.8. The molecule has 2 heterocycles. The molecule has 22 heavy (non-hydrogen) atoms. The monoisotopic (exact) mass is 308 g/mol. The van der Waals surface area contributed by atoms with E-state index in [0.717, 1.165) is 31.6 Å². The lowest BCUT2D eigenvalue weighted by Gasteiger charge is -2.17. The number of nitrogens with one attached hydrogen (secondary N) is 2. The summed E-state index contributed by atoms with van der Waals surface area (Å²) in [5.41, 5.74) is -0.268. The van der Waals surface area contributed by atoms with Crippen LogP contribution in [0.3, 0.4) is 0 Å². The number of hydrogen-bond acceptors (Lipinski definition) is 4. The molecular formula is C14H14F2N4O2. The molecule has 0 fully saturated rings. The van der Waals surface area contributed by atoms with Crippen molar-refractivity contribution in [3.8, 4) is 5.75 Å². The molecule has 1 aliphatic rings. The molecule has 0 spiro atoms. The van der Waals surface area contributed by atoms with Gasteiger partial charge in [0, 0.05) is 25.2 Å². The van der Waals surface area contributed by atoms with Gasteiger partial charge in [0.05, 0.1) is 13.3 Å². The molecule has 0 saturated heterocycles. The molecule has 1 aromatic carbocycles. The van der Waals surface area contributed by atoms with Crippen LogP contribution < -0.4 is 15.4 Å². The van der Waals surface area contributed by atoms with Crippen LogP contribution >= 0.6 is 0 Å². The van der Waals surface area contributed by atoms with Crippen LogP contribution in [0.4, 0.5) is 20.3 Å². The summed E-state index contributed by atoms with van der Waals surface area (Å²) < 4.78 is 34.2. The summed E-state index contributed by atoms with van der Waals surface area (Å²) in [4.78, 5) is 12.1. The van der Waals surface area contributed by atoms with E-state index in [9.17, 15) is 13.6 Å². The maximum Gasteiger partial charge on any atom is 0.261 e. The van der Waals surface area contributed by atoms with E-state index in [2.05, 4.69) is 15.7 Å². The zero-order chi connectivity index (χ0) is 15.7. The van der Waals surface area contributed by atoms with Crippen molar-refractivity contribution in [3.05, 3.63) is 35.5 Å². The molecule has 3 rings (SSSR count). The molecule has 2 N–H and O–H groups in total. The van der Waals surface area contributed by atoms with Crippen molar-refractivity contribution in [3.63, 3.8) is 0 Å². The summed E-state index contributed by atoms with van der Waals surface area (Å²) in [6, 6.07) is 1.92. The zero-order valence-corrected chi connectivity index (χ0v) is 11.8. The summed E-state index contributed by atoms with van der Waals surface area (Å²) in [5.74, 6) is -2.20. The Morgan fingerprint density at radius 3 is 2.82 bits per heavy atom. The maximum absolute atomic E-state index is 13.9. The van der Waals surface area contributed by atoms with Crippen molar-refractivity contribution in [2.45, 2.75) is 13.0 Å². The third-order valence-corrected chi connectivity index (χ3v) is 3.41. The number of halogens is 2. The molecule has 2 aromatic rings. The fourth-order valence-electron chi connectivity index (χ4n) is 2.34. The number of benzene rings is 1. The van der Waals surface area contributed by atoms with E-state index in [0.29, 0.717) is 11.5 Å². The van der Waals surface area contributed by atoms with Gasteiger partial charge >= 0.3 is 0 Å². The Bertz CT molecular complexity index is 707. The van der Waals surface area contributed by atoms with Crippen LogP contribution in [0.15, 0.2) is 18.3 Å². The predicted molar refractivity (Wildman–Crippen MR) is 76.2 cm³/mol. The molecule has 0 radical (unpaired) electrons. The van der Waals surface area contributed by atoms with Gasteiger partial charge in [0.25, 0.3) is 5.91 Å². The Morgan fingerprint density at radius 1 is 1.41 bits per heavy atom. The van der Waals surface area contributed by atoms with Gasteiger partial charge in [0.15, 0.2) is 0 Å². The number of aromatic nitrogens is 2. The number of amides is 1. The average Bonchev–Trinajstić information content (AvgIpc) is 2.89.